The fourth-order valence-electron chi connectivity index (χ4n) is 1.19. The second-order valence-electron chi connectivity index (χ2n) is 3.43. The van der Waals surface area contributed by atoms with Crippen LogP contribution in [0.4, 0.5) is 18.9 Å². The van der Waals surface area contributed by atoms with Crippen molar-refractivity contribution in [3.63, 3.8) is 0 Å². The second kappa shape index (κ2) is 6.28. The number of ether oxygens (including phenoxy) is 3. The number of hydrogen-bond acceptors (Lipinski definition) is 5. The molecule has 0 heterocycles. The van der Waals surface area contributed by atoms with E-state index in [1.807, 2.05) is 0 Å². The van der Waals surface area contributed by atoms with Crippen LogP contribution in [0.25, 0.3) is 0 Å². The van der Waals surface area contributed by atoms with E-state index in [-0.39, 0.29) is 24.5 Å². The van der Waals surface area contributed by atoms with Gasteiger partial charge in [0, 0.05) is 7.11 Å². The first-order valence-electron chi connectivity index (χ1n) is 5.15. The highest BCUT2D eigenvalue weighted by Crippen LogP contribution is 2.29. The summed E-state index contributed by atoms with van der Waals surface area (Å²) >= 11 is 0. The molecule has 0 aliphatic heterocycles. The van der Waals surface area contributed by atoms with E-state index in [1.54, 1.807) is 0 Å². The molecule has 0 radical (unpaired) electrons. The molecule has 1 rings (SSSR count). The average Bonchev–Trinajstić information content (AvgIpc) is 2.30. The molecule has 0 unspecified atom stereocenters. The molecule has 0 aliphatic rings. The summed E-state index contributed by atoms with van der Waals surface area (Å²) in [4.78, 5) is 11.5. The maximum Gasteiger partial charge on any atom is 0.573 e. The number of anilines is 1. The fraction of sp³-hybridized carbons (Fsp3) is 0.364. The molecule has 0 amide bonds. The molecule has 0 aliphatic carbocycles. The number of hydrogen-bond donors (Lipinski definition) is 1. The van der Waals surface area contributed by atoms with E-state index in [4.69, 9.17) is 10.5 Å². The van der Waals surface area contributed by atoms with Gasteiger partial charge in [0.05, 0.1) is 17.9 Å². The smallest absolute Gasteiger partial charge is 0.460 e. The SMILES string of the molecule is COCCOC(=O)c1ccc(OC(F)(F)F)c(N)c1. The largest absolute Gasteiger partial charge is 0.573 e. The Morgan fingerprint density at radius 1 is 1.32 bits per heavy atom. The van der Waals surface area contributed by atoms with Crippen LogP contribution in [0.15, 0.2) is 18.2 Å². The number of halogens is 3. The van der Waals surface area contributed by atoms with Crippen LogP contribution in [0.1, 0.15) is 10.4 Å². The number of benzene rings is 1. The predicted octanol–water partition coefficient (Wildman–Crippen LogP) is 1.97. The number of carbonyl (C=O) groups is 1. The number of carbonyl (C=O) groups excluding carboxylic acids is 1. The van der Waals surface area contributed by atoms with Crippen molar-refractivity contribution in [1.29, 1.82) is 0 Å². The molecular formula is C11H12F3NO4. The van der Waals surface area contributed by atoms with Crippen molar-refractivity contribution in [3.05, 3.63) is 23.8 Å². The lowest BCUT2D eigenvalue weighted by atomic mass is 10.2. The van der Waals surface area contributed by atoms with Crippen LogP contribution in [-0.4, -0.2) is 32.7 Å². The third-order valence-corrected chi connectivity index (χ3v) is 1.99. The quantitative estimate of drug-likeness (QED) is 0.507. The van der Waals surface area contributed by atoms with Gasteiger partial charge in [0.15, 0.2) is 5.75 Å². The Bertz CT molecular complexity index is 448. The van der Waals surface area contributed by atoms with E-state index in [0.29, 0.717) is 0 Å². The Hall–Kier alpha value is -1.96. The zero-order valence-corrected chi connectivity index (χ0v) is 9.99. The van der Waals surface area contributed by atoms with Crippen LogP contribution in [-0.2, 0) is 9.47 Å². The van der Waals surface area contributed by atoms with Gasteiger partial charge in [0.1, 0.15) is 6.61 Å². The molecule has 0 saturated heterocycles. The zero-order chi connectivity index (χ0) is 14.5. The topological polar surface area (TPSA) is 70.8 Å². The summed E-state index contributed by atoms with van der Waals surface area (Å²) in [5.74, 6) is -1.27. The van der Waals surface area contributed by atoms with Crippen molar-refractivity contribution in [2.24, 2.45) is 0 Å². The third-order valence-electron chi connectivity index (χ3n) is 1.99. The van der Waals surface area contributed by atoms with Crippen molar-refractivity contribution in [2.45, 2.75) is 6.36 Å². The Kier molecular flexibility index (Phi) is 4.99. The second-order valence-corrected chi connectivity index (χ2v) is 3.43. The Balaban J connectivity index is 2.73. The van der Waals surface area contributed by atoms with E-state index in [2.05, 4.69) is 9.47 Å². The molecule has 5 nitrogen and oxygen atoms in total. The normalized spacial score (nSPS) is 11.2. The van der Waals surface area contributed by atoms with Gasteiger partial charge in [-0.25, -0.2) is 4.79 Å². The third kappa shape index (κ3) is 5.04. The monoisotopic (exact) mass is 279 g/mol. The van der Waals surface area contributed by atoms with Crippen LogP contribution in [0, 0.1) is 0 Å². The van der Waals surface area contributed by atoms with E-state index in [1.165, 1.54) is 7.11 Å². The first-order valence-corrected chi connectivity index (χ1v) is 5.15. The maximum atomic E-state index is 12.0. The van der Waals surface area contributed by atoms with Gasteiger partial charge in [-0.3, -0.25) is 0 Å². The summed E-state index contributed by atoms with van der Waals surface area (Å²) in [5.41, 5.74) is 5.09. The van der Waals surface area contributed by atoms with Crippen LogP contribution in [0.5, 0.6) is 5.75 Å². The number of methoxy groups -OCH3 is 1. The Morgan fingerprint density at radius 3 is 2.53 bits per heavy atom. The molecule has 1 aromatic carbocycles. The molecule has 0 aromatic heterocycles. The summed E-state index contributed by atoms with van der Waals surface area (Å²) in [7, 11) is 1.44. The summed E-state index contributed by atoms with van der Waals surface area (Å²) in [6.07, 6.45) is -4.84. The Labute approximate surface area is 107 Å². The van der Waals surface area contributed by atoms with Gasteiger partial charge < -0.3 is 19.9 Å². The van der Waals surface area contributed by atoms with Crippen molar-refractivity contribution < 1.29 is 32.2 Å². The molecule has 1 aromatic rings. The molecule has 0 bridgehead atoms. The van der Waals surface area contributed by atoms with E-state index < -0.39 is 18.1 Å². The zero-order valence-electron chi connectivity index (χ0n) is 9.99. The molecule has 0 saturated carbocycles. The number of rotatable bonds is 5. The van der Waals surface area contributed by atoms with Gasteiger partial charge in [-0.15, -0.1) is 13.2 Å². The number of alkyl halides is 3. The molecule has 8 heteroatoms. The van der Waals surface area contributed by atoms with Gasteiger partial charge in [-0.1, -0.05) is 0 Å². The van der Waals surface area contributed by atoms with Gasteiger partial charge in [0.25, 0.3) is 0 Å². The van der Waals surface area contributed by atoms with Gasteiger partial charge in [0.2, 0.25) is 0 Å². The van der Waals surface area contributed by atoms with Crippen molar-refractivity contribution in [3.8, 4) is 5.75 Å². The first kappa shape index (κ1) is 15.1. The lowest BCUT2D eigenvalue weighted by molar-refractivity contribution is -0.274. The summed E-state index contributed by atoms with van der Waals surface area (Å²) in [6, 6.07) is 3.14. The molecular weight excluding hydrogens is 267 g/mol. The average molecular weight is 279 g/mol. The van der Waals surface area contributed by atoms with Crippen LogP contribution >= 0.6 is 0 Å². The number of esters is 1. The Morgan fingerprint density at radius 2 is 2.00 bits per heavy atom. The van der Waals surface area contributed by atoms with Crippen LogP contribution in [0.2, 0.25) is 0 Å². The van der Waals surface area contributed by atoms with Crippen molar-refractivity contribution in [1.82, 2.24) is 0 Å². The van der Waals surface area contributed by atoms with E-state index in [0.717, 1.165) is 18.2 Å². The minimum atomic E-state index is -4.84. The van der Waals surface area contributed by atoms with Crippen LogP contribution in [0.3, 0.4) is 0 Å². The lowest BCUT2D eigenvalue weighted by Crippen LogP contribution is -2.18. The fourth-order valence-corrected chi connectivity index (χ4v) is 1.19. The molecule has 106 valence electrons. The van der Waals surface area contributed by atoms with Crippen LogP contribution < -0.4 is 10.5 Å². The number of nitrogen functional groups attached to an aromatic ring is 1. The molecule has 2 N–H and O–H groups in total. The van der Waals surface area contributed by atoms with Gasteiger partial charge in [-0.05, 0) is 18.2 Å². The molecule has 0 atom stereocenters. The maximum absolute atomic E-state index is 12.0. The van der Waals surface area contributed by atoms with E-state index in [9.17, 15) is 18.0 Å². The highest BCUT2D eigenvalue weighted by Gasteiger charge is 2.32. The highest BCUT2D eigenvalue weighted by molar-refractivity contribution is 5.91. The summed E-state index contributed by atoms with van der Waals surface area (Å²) in [5, 5.41) is 0. The first-order chi connectivity index (χ1) is 8.83. The van der Waals surface area contributed by atoms with Crippen molar-refractivity contribution >= 4 is 11.7 Å². The summed E-state index contributed by atoms with van der Waals surface area (Å²) < 4.78 is 49.1. The van der Waals surface area contributed by atoms with E-state index >= 15 is 0 Å². The minimum absolute atomic E-state index is 0.0307. The standard InChI is InChI=1S/C11H12F3NO4/c1-17-4-5-18-10(16)7-2-3-9(8(15)6-7)19-11(12,13)14/h2-3,6H,4-5,15H2,1H3. The van der Waals surface area contributed by atoms with Gasteiger partial charge >= 0.3 is 12.3 Å². The highest BCUT2D eigenvalue weighted by atomic mass is 19.4. The predicted molar refractivity (Wildman–Crippen MR) is 59.7 cm³/mol. The van der Waals surface area contributed by atoms with Crippen molar-refractivity contribution in [2.75, 3.05) is 26.1 Å². The van der Waals surface area contributed by atoms with Gasteiger partial charge in [-0.2, -0.15) is 0 Å². The molecule has 19 heavy (non-hydrogen) atoms. The minimum Gasteiger partial charge on any atom is -0.460 e. The molecule has 0 spiro atoms. The molecule has 0 fully saturated rings. The number of nitrogens with two attached hydrogens (primary N) is 1. The lowest BCUT2D eigenvalue weighted by Gasteiger charge is -2.11. The summed E-state index contributed by atoms with van der Waals surface area (Å²) in [6.45, 7) is 0.256.